The van der Waals surface area contributed by atoms with Gasteiger partial charge < -0.3 is 0 Å². The van der Waals surface area contributed by atoms with Crippen molar-refractivity contribution in [2.24, 2.45) is 4.99 Å². The van der Waals surface area contributed by atoms with Gasteiger partial charge in [-0.2, -0.15) is 4.99 Å². The second-order valence-electron chi connectivity index (χ2n) is 2.19. The van der Waals surface area contributed by atoms with Crippen LogP contribution in [-0.4, -0.2) is 11.0 Å². The highest BCUT2D eigenvalue weighted by Gasteiger charge is 2.19. The largest absolute Gasteiger partial charge is 0.297 e. The number of nitro groups is 1. The van der Waals surface area contributed by atoms with Crippen LogP contribution in [0.4, 0.5) is 15.8 Å². The molecule has 1 rings (SSSR count). The van der Waals surface area contributed by atoms with E-state index in [0.717, 1.165) is 18.2 Å². The third-order valence-electron chi connectivity index (χ3n) is 1.40. The molecule has 0 saturated heterocycles. The maximum Gasteiger partial charge on any atom is 0.297 e. The first-order valence-corrected chi connectivity index (χ1v) is 3.66. The van der Waals surface area contributed by atoms with E-state index in [1.807, 2.05) is 0 Å². The molecule has 0 N–H and O–H groups in total. The third-order valence-corrected chi connectivity index (χ3v) is 1.76. The van der Waals surface area contributed by atoms with Gasteiger partial charge in [-0.3, -0.25) is 10.1 Å². The number of isocyanates is 1. The highest BCUT2D eigenvalue weighted by molar-refractivity contribution is 6.33. The summed E-state index contributed by atoms with van der Waals surface area (Å²) in [6.45, 7) is 0. The van der Waals surface area contributed by atoms with Crippen LogP contribution in [0, 0.1) is 15.9 Å². The van der Waals surface area contributed by atoms with Crippen molar-refractivity contribution < 1.29 is 14.1 Å². The number of benzene rings is 1. The fourth-order valence-electron chi connectivity index (χ4n) is 0.829. The lowest BCUT2D eigenvalue weighted by Gasteiger charge is -1.98. The average molecular weight is 217 g/mol. The summed E-state index contributed by atoms with van der Waals surface area (Å²) in [5.41, 5.74) is -1.06. The van der Waals surface area contributed by atoms with Gasteiger partial charge in [-0.25, -0.2) is 9.18 Å². The Kier molecular flexibility index (Phi) is 2.91. The van der Waals surface area contributed by atoms with E-state index in [1.165, 1.54) is 0 Å². The number of rotatable bonds is 2. The van der Waals surface area contributed by atoms with Crippen molar-refractivity contribution in [2.75, 3.05) is 0 Å². The molecular weight excluding hydrogens is 215 g/mol. The zero-order valence-electron chi connectivity index (χ0n) is 6.53. The van der Waals surface area contributed by atoms with Gasteiger partial charge in [0, 0.05) is 6.07 Å². The van der Waals surface area contributed by atoms with Gasteiger partial charge in [0.1, 0.15) is 10.8 Å². The third kappa shape index (κ3) is 1.76. The molecule has 0 bridgehead atoms. The Morgan fingerprint density at radius 3 is 2.71 bits per heavy atom. The van der Waals surface area contributed by atoms with E-state index in [1.54, 1.807) is 0 Å². The Labute approximate surface area is 82.0 Å². The summed E-state index contributed by atoms with van der Waals surface area (Å²) in [4.78, 5) is 22.5. The lowest BCUT2D eigenvalue weighted by Crippen LogP contribution is -1.90. The quantitative estimate of drug-likeness (QED) is 0.330. The number of hydrogen-bond acceptors (Lipinski definition) is 4. The van der Waals surface area contributed by atoms with Gasteiger partial charge in [0.05, 0.1) is 4.92 Å². The van der Waals surface area contributed by atoms with E-state index in [4.69, 9.17) is 11.6 Å². The van der Waals surface area contributed by atoms with E-state index in [0.29, 0.717) is 0 Å². The molecule has 0 aliphatic rings. The maximum absolute atomic E-state index is 12.8. The minimum Gasteiger partial charge on any atom is -0.258 e. The number of carbonyl (C=O) groups excluding carboxylic acids is 1. The van der Waals surface area contributed by atoms with Crippen molar-refractivity contribution in [3.05, 3.63) is 33.1 Å². The minimum atomic E-state index is -0.883. The van der Waals surface area contributed by atoms with Crippen LogP contribution in [0.2, 0.25) is 5.02 Å². The van der Waals surface area contributed by atoms with Crippen LogP contribution in [0.3, 0.4) is 0 Å². The van der Waals surface area contributed by atoms with Gasteiger partial charge >= 0.3 is 0 Å². The Balaban J connectivity index is 3.52. The Morgan fingerprint density at radius 1 is 1.57 bits per heavy atom. The first-order chi connectivity index (χ1) is 6.57. The lowest BCUT2D eigenvalue weighted by atomic mass is 10.2. The standard InChI is InChI=1S/C7H2ClFN2O3/c8-6-4(9)1-2-5(11(13)14)7(6)10-3-12/h1-2H. The predicted octanol–water partition coefficient (Wildman–Crippen LogP) is 2.35. The normalized spacial score (nSPS) is 9.29. The summed E-state index contributed by atoms with van der Waals surface area (Å²) in [6.07, 6.45) is 1.07. The summed E-state index contributed by atoms with van der Waals surface area (Å²) in [5, 5.41) is 9.83. The van der Waals surface area contributed by atoms with E-state index >= 15 is 0 Å². The van der Waals surface area contributed by atoms with Gasteiger partial charge in [0.2, 0.25) is 6.08 Å². The van der Waals surface area contributed by atoms with Crippen LogP contribution >= 0.6 is 11.6 Å². The zero-order valence-corrected chi connectivity index (χ0v) is 7.29. The van der Waals surface area contributed by atoms with Gasteiger partial charge in [-0.1, -0.05) is 11.6 Å². The minimum absolute atomic E-state index is 0.522. The second-order valence-corrected chi connectivity index (χ2v) is 2.57. The van der Waals surface area contributed by atoms with Crippen LogP contribution < -0.4 is 0 Å². The number of hydrogen-bond donors (Lipinski definition) is 0. The first-order valence-electron chi connectivity index (χ1n) is 3.28. The molecule has 0 aliphatic heterocycles. The molecule has 0 spiro atoms. The Bertz CT molecular complexity index is 443. The summed E-state index contributed by atoms with van der Waals surface area (Å²) in [6, 6.07) is 1.70. The smallest absolute Gasteiger partial charge is 0.258 e. The molecule has 0 radical (unpaired) electrons. The SMILES string of the molecule is O=C=Nc1c([N+](=O)[O-])ccc(F)c1Cl. The highest BCUT2D eigenvalue weighted by Crippen LogP contribution is 2.36. The number of halogens is 2. The predicted molar refractivity (Wildman–Crippen MR) is 45.8 cm³/mol. The summed E-state index contributed by atoms with van der Waals surface area (Å²) in [5.74, 6) is -0.883. The number of aliphatic imine (C=N–C) groups is 1. The summed E-state index contributed by atoms with van der Waals surface area (Å²) < 4.78 is 12.8. The van der Waals surface area contributed by atoms with E-state index in [9.17, 15) is 19.3 Å². The number of nitrogens with zero attached hydrogens (tertiary/aromatic N) is 2. The molecule has 5 nitrogen and oxygen atoms in total. The topological polar surface area (TPSA) is 72.6 Å². The van der Waals surface area contributed by atoms with Crippen molar-refractivity contribution in [1.29, 1.82) is 0 Å². The van der Waals surface area contributed by atoms with E-state index in [2.05, 4.69) is 4.99 Å². The van der Waals surface area contributed by atoms with Gasteiger partial charge in [-0.05, 0) is 6.07 Å². The molecule has 0 aromatic heterocycles. The molecule has 14 heavy (non-hydrogen) atoms. The molecule has 72 valence electrons. The van der Waals surface area contributed by atoms with E-state index < -0.39 is 27.1 Å². The van der Waals surface area contributed by atoms with Crippen LogP contribution in [0.1, 0.15) is 0 Å². The Hall–Kier alpha value is -1.78. The van der Waals surface area contributed by atoms with Crippen molar-refractivity contribution in [3.63, 3.8) is 0 Å². The number of nitro benzene ring substituents is 1. The van der Waals surface area contributed by atoms with Crippen LogP contribution in [-0.2, 0) is 4.79 Å². The van der Waals surface area contributed by atoms with Gasteiger partial charge in [0.15, 0.2) is 5.69 Å². The van der Waals surface area contributed by atoms with Crippen LogP contribution in [0.25, 0.3) is 0 Å². The monoisotopic (exact) mass is 216 g/mol. The van der Waals surface area contributed by atoms with Crippen LogP contribution in [0.15, 0.2) is 17.1 Å². The summed E-state index contributed by atoms with van der Waals surface area (Å²) in [7, 11) is 0. The molecule has 0 heterocycles. The molecule has 0 amide bonds. The second kappa shape index (κ2) is 3.95. The van der Waals surface area contributed by atoms with Crippen molar-refractivity contribution >= 4 is 29.1 Å². The lowest BCUT2D eigenvalue weighted by molar-refractivity contribution is -0.384. The highest BCUT2D eigenvalue weighted by atomic mass is 35.5. The molecule has 7 heteroatoms. The summed E-state index contributed by atoms with van der Waals surface area (Å²) >= 11 is 5.37. The van der Waals surface area contributed by atoms with Crippen molar-refractivity contribution in [1.82, 2.24) is 0 Å². The Morgan fingerprint density at radius 2 is 2.21 bits per heavy atom. The molecule has 0 aliphatic carbocycles. The fraction of sp³-hybridized carbons (Fsp3) is 0. The molecular formula is C7H2ClFN2O3. The molecule has 1 aromatic rings. The van der Waals surface area contributed by atoms with Crippen LogP contribution in [0.5, 0.6) is 0 Å². The molecule has 1 aromatic carbocycles. The molecule has 0 atom stereocenters. The van der Waals surface area contributed by atoms with E-state index in [-0.39, 0.29) is 0 Å². The first kappa shape index (κ1) is 10.3. The molecule has 0 saturated carbocycles. The zero-order chi connectivity index (χ0) is 10.7. The average Bonchev–Trinajstić information content (AvgIpc) is 2.13. The maximum atomic E-state index is 12.8. The molecule has 0 fully saturated rings. The van der Waals surface area contributed by atoms with Crippen molar-refractivity contribution in [3.8, 4) is 0 Å². The van der Waals surface area contributed by atoms with Gasteiger partial charge in [-0.15, -0.1) is 0 Å². The fourth-order valence-corrected chi connectivity index (χ4v) is 1.03. The van der Waals surface area contributed by atoms with Crippen molar-refractivity contribution in [2.45, 2.75) is 0 Å². The molecule has 0 unspecified atom stereocenters. The van der Waals surface area contributed by atoms with Gasteiger partial charge in [0.25, 0.3) is 5.69 Å².